The first-order chi connectivity index (χ1) is 11.2. The van der Waals surface area contributed by atoms with E-state index in [0.29, 0.717) is 10.3 Å². The van der Waals surface area contributed by atoms with Gasteiger partial charge < -0.3 is 5.21 Å². The Hall–Kier alpha value is -2.69. The molecular weight excluding hydrogens is 315 g/mol. The molecule has 2 aliphatic rings. The van der Waals surface area contributed by atoms with Crippen LogP contribution in [-0.4, -0.2) is 35.1 Å². The van der Waals surface area contributed by atoms with Crippen molar-refractivity contribution in [2.24, 2.45) is 0 Å². The van der Waals surface area contributed by atoms with Gasteiger partial charge in [-0.3, -0.25) is 4.90 Å². The van der Waals surface area contributed by atoms with Crippen molar-refractivity contribution in [1.82, 2.24) is 4.90 Å². The van der Waals surface area contributed by atoms with Crippen LogP contribution < -0.4 is 9.63 Å². The molecule has 2 saturated heterocycles. The molecule has 0 saturated carbocycles. The molecule has 2 unspecified atom stereocenters. The summed E-state index contributed by atoms with van der Waals surface area (Å²) in [6.45, 7) is 4.55. The minimum absolute atomic E-state index is 0.0821. The number of aromatic nitrogens is 1. The number of nitriles is 1. The van der Waals surface area contributed by atoms with Gasteiger partial charge in [0, 0.05) is 18.5 Å². The summed E-state index contributed by atoms with van der Waals surface area (Å²) in [6, 6.07) is 1.87. The average molecular weight is 332 g/mol. The molecule has 0 aliphatic carbocycles. The number of imide groups is 1. The smallest absolute Gasteiger partial charge is 0.419 e. The summed E-state index contributed by atoms with van der Waals surface area (Å²) in [4.78, 5) is 27.4. The Balaban J connectivity index is 2.09. The van der Waals surface area contributed by atoms with Gasteiger partial charge in [0.05, 0.1) is 5.56 Å². The monoisotopic (exact) mass is 332 g/mol. The molecule has 1 aromatic rings. The van der Waals surface area contributed by atoms with Gasteiger partial charge in [-0.2, -0.15) is 5.26 Å². The minimum Gasteiger partial charge on any atom is -0.710 e. The number of pyridine rings is 1. The topological polar surface area (TPSA) is 91.3 Å². The molecule has 8 heteroatoms. The summed E-state index contributed by atoms with van der Waals surface area (Å²) < 4.78 is 14.7. The number of anilines is 1. The van der Waals surface area contributed by atoms with E-state index in [0.717, 1.165) is 4.90 Å². The SMILES string of the molecule is Cc1cc(C#N)c(C)[n+]([O-])c1N1C(=O)C2CC(C)(F)CCN2C1=O. The van der Waals surface area contributed by atoms with Gasteiger partial charge in [-0.15, -0.1) is 4.90 Å². The molecule has 3 heterocycles. The lowest BCUT2D eigenvalue weighted by Gasteiger charge is -2.33. The highest BCUT2D eigenvalue weighted by molar-refractivity contribution is 6.20. The van der Waals surface area contributed by atoms with Gasteiger partial charge in [0.1, 0.15) is 23.5 Å². The predicted molar refractivity (Wildman–Crippen MR) is 81.7 cm³/mol. The molecule has 0 bridgehead atoms. The zero-order valence-electron chi connectivity index (χ0n) is 13.7. The second-order valence-electron chi connectivity index (χ2n) is 6.59. The van der Waals surface area contributed by atoms with E-state index in [1.54, 1.807) is 6.92 Å². The van der Waals surface area contributed by atoms with Crippen molar-refractivity contribution < 1.29 is 18.7 Å². The molecule has 126 valence electrons. The van der Waals surface area contributed by atoms with Crippen LogP contribution in [0, 0.1) is 30.4 Å². The summed E-state index contributed by atoms with van der Waals surface area (Å²) in [6.07, 6.45) is 0.0698. The van der Waals surface area contributed by atoms with Crippen LogP contribution in [-0.2, 0) is 4.79 Å². The van der Waals surface area contributed by atoms with Crippen LogP contribution in [0.15, 0.2) is 6.07 Å². The number of hydrogen-bond acceptors (Lipinski definition) is 4. The maximum atomic E-state index is 14.2. The van der Waals surface area contributed by atoms with Crippen molar-refractivity contribution >= 4 is 17.8 Å². The van der Waals surface area contributed by atoms with E-state index in [1.165, 1.54) is 24.8 Å². The van der Waals surface area contributed by atoms with Crippen molar-refractivity contribution in [3.05, 3.63) is 28.1 Å². The quantitative estimate of drug-likeness (QED) is 0.442. The van der Waals surface area contributed by atoms with Crippen molar-refractivity contribution in [2.45, 2.75) is 45.3 Å². The summed E-state index contributed by atoms with van der Waals surface area (Å²) in [7, 11) is 0. The van der Waals surface area contributed by atoms with Crippen LogP contribution in [0.4, 0.5) is 15.0 Å². The summed E-state index contributed by atoms with van der Waals surface area (Å²) in [5, 5.41) is 21.6. The molecular formula is C16H17FN4O3. The third-order valence-electron chi connectivity index (χ3n) is 4.74. The van der Waals surface area contributed by atoms with Crippen molar-refractivity contribution in [1.29, 1.82) is 5.26 Å². The molecule has 0 radical (unpaired) electrons. The molecule has 1 aromatic heterocycles. The second-order valence-corrected chi connectivity index (χ2v) is 6.59. The number of amides is 3. The maximum absolute atomic E-state index is 14.2. The lowest BCUT2D eigenvalue weighted by atomic mass is 9.90. The lowest BCUT2D eigenvalue weighted by molar-refractivity contribution is -0.598. The first-order valence-corrected chi connectivity index (χ1v) is 7.65. The zero-order chi connectivity index (χ0) is 17.8. The van der Waals surface area contributed by atoms with Crippen LogP contribution in [0.2, 0.25) is 0 Å². The molecule has 0 spiro atoms. The van der Waals surface area contributed by atoms with E-state index in [4.69, 9.17) is 5.26 Å². The summed E-state index contributed by atoms with van der Waals surface area (Å²) in [5.41, 5.74) is -0.883. The predicted octanol–water partition coefficient (Wildman–Crippen LogP) is 1.47. The molecule has 24 heavy (non-hydrogen) atoms. The highest BCUT2D eigenvalue weighted by atomic mass is 19.1. The molecule has 0 N–H and O–H groups in total. The highest BCUT2D eigenvalue weighted by Gasteiger charge is 2.57. The number of aryl methyl sites for hydroxylation is 1. The number of piperidine rings is 1. The Morgan fingerprint density at radius 1 is 1.46 bits per heavy atom. The number of carbonyl (C=O) groups is 2. The average Bonchev–Trinajstić information content (AvgIpc) is 2.74. The van der Waals surface area contributed by atoms with Crippen LogP contribution in [0.1, 0.15) is 36.6 Å². The Kier molecular flexibility index (Phi) is 3.48. The number of urea groups is 1. The van der Waals surface area contributed by atoms with Gasteiger partial charge in [-0.05, 0) is 33.3 Å². The largest absolute Gasteiger partial charge is 0.710 e. The van der Waals surface area contributed by atoms with E-state index in [9.17, 15) is 19.2 Å². The highest BCUT2D eigenvalue weighted by Crippen LogP contribution is 2.36. The van der Waals surface area contributed by atoms with Crippen molar-refractivity contribution in [3.8, 4) is 6.07 Å². The van der Waals surface area contributed by atoms with E-state index < -0.39 is 23.6 Å². The number of hydrogen-bond donors (Lipinski definition) is 0. The molecule has 0 aromatic carbocycles. The normalized spacial score (nSPS) is 26.5. The van der Waals surface area contributed by atoms with Gasteiger partial charge in [-0.25, -0.2) is 18.7 Å². The molecule has 3 amide bonds. The number of halogens is 1. The van der Waals surface area contributed by atoms with Gasteiger partial charge >= 0.3 is 11.9 Å². The fourth-order valence-corrected chi connectivity index (χ4v) is 3.34. The Morgan fingerprint density at radius 3 is 2.75 bits per heavy atom. The number of nitrogens with zero attached hydrogens (tertiary/aromatic N) is 4. The number of alkyl halides is 1. The molecule has 7 nitrogen and oxygen atoms in total. The van der Waals surface area contributed by atoms with Crippen LogP contribution in [0.25, 0.3) is 0 Å². The van der Waals surface area contributed by atoms with E-state index in [2.05, 4.69) is 0 Å². The van der Waals surface area contributed by atoms with Crippen molar-refractivity contribution in [3.63, 3.8) is 0 Å². The summed E-state index contributed by atoms with van der Waals surface area (Å²) in [5.74, 6) is -0.711. The fourth-order valence-electron chi connectivity index (χ4n) is 3.34. The molecule has 2 aliphatic heterocycles. The first kappa shape index (κ1) is 16.2. The number of fused-ring (bicyclic) bond motifs is 1. The maximum Gasteiger partial charge on any atom is 0.419 e. The zero-order valence-corrected chi connectivity index (χ0v) is 13.7. The van der Waals surface area contributed by atoms with E-state index in [-0.39, 0.29) is 36.5 Å². The summed E-state index contributed by atoms with van der Waals surface area (Å²) >= 11 is 0. The van der Waals surface area contributed by atoms with Crippen LogP contribution in [0.5, 0.6) is 0 Å². The standard InChI is InChI=1S/C16H17FN4O3/c1-9-6-11(8-18)10(2)21(24)13(9)20-14(22)12-7-16(3,17)4-5-19(12)15(20)23/h6,12H,4-5,7H2,1-3H3. The first-order valence-electron chi connectivity index (χ1n) is 7.65. The Bertz CT molecular complexity index is 799. The molecule has 2 fully saturated rings. The van der Waals surface area contributed by atoms with Gasteiger partial charge in [0.15, 0.2) is 0 Å². The van der Waals surface area contributed by atoms with Crippen molar-refractivity contribution in [2.75, 3.05) is 11.4 Å². The third-order valence-corrected chi connectivity index (χ3v) is 4.74. The number of carbonyl (C=O) groups excluding carboxylic acids is 2. The van der Waals surface area contributed by atoms with Crippen LogP contribution in [0.3, 0.4) is 0 Å². The third kappa shape index (κ3) is 2.19. The number of rotatable bonds is 1. The fraction of sp³-hybridized carbons (Fsp3) is 0.500. The van der Waals surface area contributed by atoms with E-state index in [1.807, 2.05) is 6.07 Å². The Labute approximate surface area is 138 Å². The second kappa shape index (κ2) is 5.16. The molecule has 2 atom stereocenters. The Morgan fingerprint density at radius 2 is 2.12 bits per heavy atom. The minimum atomic E-state index is -1.52. The van der Waals surface area contributed by atoms with E-state index >= 15 is 0 Å². The van der Waals surface area contributed by atoms with Gasteiger partial charge in [0.25, 0.3) is 5.82 Å². The van der Waals surface area contributed by atoms with Gasteiger partial charge in [-0.1, -0.05) is 0 Å². The van der Waals surface area contributed by atoms with Crippen LogP contribution >= 0.6 is 0 Å². The lowest BCUT2D eigenvalue weighted by Crippen LogP contribution is -2.47. The van der Waals surface area contributed by atoms with Gasteiger partial charge in [0.2, 0.25) is 0 Å². The molecule has 3 rings (SSSR count).